The highest BCUT2D eigenvalue weighted by Gasteiger charge is 2.29. The van der Waals surface area contributed by atoms with Crippen molar-refractivity contribution in [2.45, 2.75) is 26.7 Å². The van der Waals surface area contributed by atoms with Crippen LogP contribution in [0.3, 0.4) is 0 Å². The fourth-order valence-electron chi connectivity index (χ4n) is 2.50. The second-order valence-electron chi connectivity index (χ2n) is 6.77. The van der Waals surface area contributed by atoms with E-state index in [2.05, 4.69) is 5.32 Å². The average Bonchev–Trinajstić information content (AvgIpc) is 2.57. The lowest BCUT2D eigenvalue weighted by atomic mass is 10.0. The van der Waals surface area contributed by atoms with Crippen LogP contribution < -0.4 is 10.2 Å². The number of carbonyl (C=O) groups is 4. The van der Waals surface area contributed by atoms with Crippen molar-refractivity contribution < 1.29 is 24.3 Å². The van der Waals surface area contributed by atoms with Crippen molar-refractivity contribution in [3.63, 3.8) is 0 Å². The lowest BCUT2D eigenvalue weighted by molar-refractivity contribution is -0.138. The lowest BCUT2D eigenvalue weighted by Crippen LogP contribution is -2.30. The number of carboxylic acid groups (broad SMARTS) is 1. The number of nitrogens with zero attached hydrogens (tertiary/aromatic N) is 2. The summed E-state index contributed by atoms with van der Waals surface area (Å²) in [6.07, 6.45) is -0.0870. The number of rotatable bonds is 7. The summed E-state index contributed by atoms with van der Waals surface area (Å²) >= 11 is 6.11. The molecule has 1 unspecified atom stereocenters. The van der Waals surface area contributed by atoms with Crippen LogP contribution in [0, 0.1) is 16.6 Å². The van der Waals surface area contributed by atoms with Gasteiger partial charge < -0.3 is 20.2 Å². The average molecular weight is 741 g/mol. The Bertz CT molecular complexity index is 858. The number of amides is 3. The summed E-state index contributed by atoms with van der Waals surface area (Å²) in [7, 11) is 4.87. The van der Waals surface area contributed by atoms with E-state index >= 15 is 0 Å². The zero-order chi connectivity index (χ0) is 22.6. The van der Waals surface area contributed by atoms with Crippen molar-refractivity contribution in [1.82, 2.24) is 4.90 Å². The van der Waals surface area contributed by atoms with Gasteiger partial charge in [0.25, 0.3) is 5.91 Å². The molecule has 1 aromatic rings. The van der Waals surface area contributed by atoms with Crippen LogP contribution in [-0.2, 0) is 14.4 Å². The number of carbonyl (C=O) groups excluding carboxylic acids is 3. The molecular weight excluding hydrogens is 719 g/mol. The molecule has 0 heterocycles. The number of hydrogen-bond acceptors (Lipinski definition) is 4. The zero-order valence-electron chi connectivity index (χ0n) is 16.6. The fraction of sp³-hybridized carbons (Fsp3) is 0.444. The van der Waals surface area contributed by atoms with Crippen LogP contribution in [0.4, 0.5) is 11.4 Å². The highest BCUT2D eigenvalue weighted by Crippen LogP contribution is 2.41. The number of carboxylic acids is 1. The number of hydrogen-bond donors (Lipinski definition) is 2. The van der Waals surface area contributed by atoms with Gasteiger partial charge in [0.1, 0.15) is 0 Å². The Balaban J connectivity index is 3.53. The van der Waals surface area contributed by atoms with Gasteiger partial charge in [-0.2, -0.15) is 0 Å². The molecule has 1 aromatic carbocycles. The molecule has 1 atom stereocenters. The van der Waals surface area contributed by atoms with Crippen LogP contribution >= 0.6 is 67.8 Å². The highest BCUT2D eigenvalue weighted by molar-refractivity contribution is 14.1. The Morgan fingerprint density at radius 3 is 2.00 bits per heavy atom. The lowest BCUT2D eigenvalue weighted by Gasteiger charge is -2.25. The van der Waals surface area contributed by atoms with Crippen LogP contribution in [0.1, 0.15) is 37.0 Å². The summed E-state index contributed by atoms with van der Waals surface area (Å²) < 4.78 is 1.81. The number of benzene rings is 1. The molecule has 29 heavy (non-hydrogen) atoms. The van der Waals surface area contributed by atoms with Crippen LogP contribution in [0.2, 0.25) is 0 Å². The minimum absolute atomic E-state index is 0.0271. The van der Waals surface area contributed by atoms with Crippen molar-refractivity contribution in [3.8, 4) is 0 Å². The Hall–Kier alpha value is -0.710. The van der Waals surface area contributed by atoms with Gasteiger partial charge in [0.15, 0.2) is 0 Å². The molecule has 0 saturated heterocycles. The SMILES string of the molecule is CC(=O)N(C)c1c(I)c(NC(=O)CC(C)CC(=O)O)c(I)c(C(=O)N(C)C)c1I. The van der Waals surface area contributed by atoms with Gasteiger partial charge in [-0.15, -0.1) is 0 Å². The van der Waals surface area contributed by atoms with Crippen molar-refractivity contribution in [2.24, 2.45) is 5.92 Å². The highest BCUT2D eigenvalue weighted by atomic mass is 127. The third kappa shape index (κ3) is 6.63. The molecule has 0 aliphatic carbocycles. The minimum Gasteiger partial charge on any atom is -0.481 e. The molecule has 0 aromatic heterocycles. The van der Waals surface area contributed by atoms with E-state index in [-0.39, 0.29) is 36.5 Å². The number of halogens is 3. The first kappa shape index (κ1) is 26.3. The van der Waals surface area contributed by atoms with E-state index in [1.807, 2.05) is 67.8 Å². The summed E-state index contributed by atoms with van der Waals surface area (Å²) in [5.74, 6) is -2.11. The smallest absolute Gasteiger partial charge is 0.303 e. The van der Waals surface area contributed by atoms with Gasteiger partial charge in [-0.05, 0) is 73.7 Å². The van der Waals surface area contributed by atoms with Crippen molar-refractivity contribution in [2.75, 3.05) is 31.4 Å². The summed E-state index contributed by atoms with van der Waals surface area (Å²) in [6, 6.07) is 0. The van der Waals surface area contributed by atoms with Gasteiger partial charge in [0.2, 0.25) is 11.8 Å². The van der Waals surface area contributed by atoms with Gasteiger partial charge in [-0.3, -0.25) is 19.2 Å². The molecule has 2 N–H and O–H groups in total. The van der Waals surface area contributed by atoms with E-state index in [0.29, 0.717) is 27.6 Å². The predicted molar refractivity (Wildman–Crippen MR) is 136 cm³/mol. The van der Waals surface area contributed by atoms with Gasteiger partial charge in [-0.1, -0.05) is 6.92 Å². The van der Waals surface area contributed by atoms with E-state index in [9.17, 15) is 19.2 Å². The fourth-order valence-corrected chi connectivity index (χ4v) is 7.12. The topological polar surface area (TPSA) is 107 Å². The van der Waals surface area contributed by atoms with Crippen LogP contribution in [-0.4, -0.2) is 54.8 Å². The van der Waals surface area contributed by atoms with Gasteiger partial charge in [-0.25, -0.2) is 0 Å². The third-order valence-electron chi connectivity index (χ3n) is 4.04. The number of anilines is 2. The first-order valence-electron chi connectivity index (χ1n) is 8.47. The van der Waals surface area contributed by atoms with Crippen molar-refractivity contribution >= 4 is 103 Å². The normalized spacial score (nSPS) is 11.6. The number of aliphatic carboxylic acids is 1. The minimum atomic E-state index is -0.965. The van der Waals surface area contributed by atoms with E-state index in [4.69, 9.17) is 5.11 Å². The van der Waals surface area contributed by atoms with E-state index < -0.39 is 5.97 Å². The number of nitrogens with one attached hydrogen (secondary N) is 1. The monoisotopic (exact) mass is 741 g/mol. The molecule has 1 rings (SSSR count). The van der Waals surface area contributed by atoms with Gasteiger partial charge in [0.05, 0.1) is 27.6 Å². The maximum absolute atomic E-state index is 12.8. The molecule has 0 bridgehead atoms. The molecular formula is C18H22I3N3O5. The first-order chi connectivity index (χ1) is 13.3. The summed E-state index contributed by atoms with van der Waals surface area (Å²) in [4.78, 5) is 51.1. The predicted octanol–water partition coefficient (Wildman–Crippen LogP) is 3.62. The molecule has 3 amide bonds. The van der Waals surface area contributed by atoms with Crippen LogP contribution in [0.5, 0.6) is 0 Å². The molecule has 0 aliphatic rings. The summed E-state index contributed by atoms with van der Waals surface area (Å²) in [5.41, 5.74) is 1.37. The maximum atomic E-state index is 12.8. The zero-order valence-corrected chi connectivity index (χ0v) is 23.1. The molecule has 8 nitrogen and oxygen atoms in total. The van der Waals surface area contributed by atoms with E-state index in [0.717, 1.165) is 0 Å². The van der Waals surface area contributed by atoms with Crippen molar-refractivity contribution in [1.29, 1.82) is 0 Å². The van der Waals surface area contributed by atoms with Crippen LogP contribution in [0.15, 0.2) is 0 Å². The molecule has 0 fully saturated rings. The van der Waals surface area contributed by atoms with E-state index in [1.165, 1.54) is 16.7 Å². The Morgan fingerprint density at radius 2 is 1.55 bits per heavy atom. The molecule has 0 spiro atoms. The second-order valence-corrected chi connectivity index (χ2v) is 10.0. The molecule has 0 aliphatic heterocycles. The second kappa shape index (κ2) is 11.1. The first-order valence-corrected chi connectivity index (χ1v) is 11.7. The third-order valence-corrected chi connectivity index (χ3v) is 7.22. The standard InChI is InChI=1S/C18H22I3N3O5/c1-8(7-11(27)28)6-10(26)22-16-13(19)12(18(29)23(3)4)14(20)17(15(16)21)24(5)9(2)25/h8H,6-7H2,1-5H3,(H,22,26)(H,27,28). The van der Waals surface area contributed by atoms with Gasteiger partial charge >= 0.3 is 5.97 Å². The molecule has 11 heteroatoms. The maximum Gasteiger partial charge on any atom is 0.303 e. The Kier molecular flexibility index (Phi) is 10.0. The molecule has 160 valence electrons. The largest absolute Gasteiger partial charge is 0.481 e. The van der Waals surface area contributed by atoms with Gasteiger partial charge in [0, 0.05) is 40.9 Å². The molecule has 0 radical (unpaired) electrons. The Morgan fingerprint density at radius 1 is 1.00 bits per heavy atom. The van der Waals surface area contributed by atoms with Crippen molar-refractivity contribution in [3.05, 3.63) is 16.3 Å². The van der Waals surface area contributed by atoms with Crippen LogP contribution in [0.25, 0.3) is 0 Å². The molecule has 0 saturated carbocycles. The van der Waals surface area contributed by atoms with E-state index in [1.54, 1.807) is 28.1 Å². The summed E-state index contributed by atoms with van der Waals surface area (Å²) in [5, 5.41) is 11.7. The Labute approximate surface area is 210 Å². The quantitative estimate of drug-likeness (QED) is 0.416. The summed E-state index contributed by atoms with van der Waals surface area (Å²) in [6.45, 7) is 3.11.